The first kappa shape index (κ1) is 11.5. The summed E-state index contributed by atoms with van der Waals surface area (Å²) in [6.45, 7) is 2.84. The van der Waals surface area contributed by atoms with E-state index in [1.54, 1.807) is 19.2 Å². The number of Topliss-reactive ketones (excluding diaryl/α,β-unsaturated/α-hetero) is 1. The molecule has 1 aromatic carbocycles. The second-order valence-corrected chi connectivity index (χ2v) is 3.28. The van der Waals surface area contributed by atoms with Gasteiger partial charge in [0.2, 0.25) is 0 Å². The van der Waals surface area contributed by atoms with Crippen molar-refractivity contribution >= 4 is 17.2 Å². The van der Waals surface area contributed by atoms with Gasteiger partial charge in [0.15, 0.2) is 5.78 Å². The molecule has 0 saturated carbocycles. The molecular formula is C11H16N2O2. The van der Waals surface area contributed by atoms with Crippen LogP contribution in [0.1, 0.15) is 17.3 Å². The zero-order valence-electron chi connectivity index (χ0n) is 9.04. The molecule has 82 valence electrons. The molecule has 0 fully saturated rings. The highest BCUT2D eigenvalue weighted by atomic mass is 16.5. The van der Waals surface area contributed by atoms with Gasteiger partial charge in [-0.15, -0.1) is 0 Å². The van der Waals surface area contributed by atoms with Crippen molar-refractivity contribution in [3.8, 4) is 0 Å². The monoisotopic (exact) mass is 208 g/mol. The number of carbonyl (C=O) groups excluding carboxylic acids is 1. The number of benzene rings is 1. The van der Waals surface area contributed by atoms with Gasteiger partial charge < -0.3 is 15.8 Å². The molecule has 4 nitrogen and oxygen atoms in total. The van der Waals surface area contributed by atoms with Crippen molar-refractivity contribution in [1.29, 1.82) is 0 Å². The molecule has 0 aromatic heterocycles. The van der Waals surface area contributed by atoms with Gasteiger partial charge in [-0.05, 0) is 25.1 Å². The van der Waals surface area contributed by atoms with Gasteiger partial charge in [-0.2, -0.15) is 0 Å². The Morgan fingerprint density at radius 2 is 2.27 bits per heavy atom. The second-order valence-electron chi connectivity index (χ2n) is 3.28. The number of hydrogen-bond donors (Lipinski definition) is 2. The first-order valence-electron chi connectivity index (χ1n) is 4.78. The summed E-state index contributed by atoms with van der Waals surface area (Å²) in [6, 6.07) is 5.33. The average Bonchev–Trinajstić information content (AvgIpc) is 2.20. The fraction of sp³-hybridized carbons (Fsp3) is 0.364. The molecule has 0 amide bonds. The molecule has 0 bridgehead atoms. The van der Waals surface area contributed by atoms with Crippen LogP contribution in [0.4, 0.5) is 11.4 Å². The molecule has 0 unspecified atom stereocenters. The summed E-state index contributed by atoms with van der Waals surface area (Å²) in [4.78, 5) is 11.2. The molecule has 0 atom stereocenters. The van der Waals surface area contributed by atoms with Crippen molar-refractivity contribution in [1.82, 2.24) is 0 Å². The number of ketones is 1. The molecule has 1 aromatic rings. The van der Waals surface area contributed by atoms with Crippen LogP contribution >= 0.6 is 0 Å². The van der Waals surface area contributed by atoms with Crippen LogP contribution in [0.15, 0.2) is 18.2 Å². The fourth-order valence-corrected chi connectivity index (χ4v) is 1.27. The number of nitrogens with two attached hydrogens (primary N) is 1. The van der Waals surface area contributed by atoms with Crippen LogP contribution < -0.4 is 11.1 Å². The number of nitrogens with one attached hydrogen (secondary N) is 1. The molecule has 0 saturated heterocycles. The molecule has 0 aliphatic carbocycles. The van der Waals surface area contributed by atoms with E-state index in [1.165, 1.54) is 6.92 Å². The third-order valence-corrected chi connectivity index (χ3v) is 2.07. The molecule has 0 aliphatic rings. The topological polar surface area (TPSA) is 64.3 Å². The summed E-state index contributed by atoms with van der Waals surface area (Å²) in [5.41, 5.74) is 7.62. The summed E-state index contributed by atoms with van der Waals surface area (Å²) >= 11 is 0. The lowest BCUT2D eigenvalue weighted by Gasteiger charge is -2.08. The van der Waals surface area contributed by atoms with E-state index in [-0.39, 0.29) is 5.78 Å². The molecule has 0 aliphatic heterocycles. The van der Waals surface area contributed by atoms with E-state index >= 15 is 0 Å². The summed E-state index contributed by atoms with van der Waals surface area (Å²) < 4.78 is 4.91. The number of nitrogen functional groups attached to an aromatic ring is 1. The molecule has 0 radical (unpaired) electrons. The number of methoxy groups -OCH3 is 1. The Labute approximate surface area is 89.4 Å². The third-order valence-electron chi connectivity index (χ3n) is 2.07. The highest BCUT2D eigenvalue weighted by molar-refractivity contribution is 5.99. The Balaban J connectivity index is 2.74. The summed E-state index contributed by atoms with van der Waals surface area (Å²) in [7, 11) is 1.64. The highest BCUT2D eigenvalue weighted by Gasteiger charge is 2.05. The van der Waals surface area contributed by atoms with Gasteiger partial charge in [0, 0.05) is 30.6 Å². The Morgan fingerprint density at radius 1 is 1.53 bits per heavy atom. The number of rotatable bonds is 5. The van der Waals surface area contributed by atoms with Crippen molar-refractivity contribution in [3.05, 3.63) is 23.8 Å². The number of carbonyl (C=O) groups is 1. The van der Waals surface area contributed by atoms with Gasteiger partial charge in [0.25, 0.3) is 0 Å². The predicted octanol–water partition coefficient (Wildman–Crippen LogP) is 1.53. The zero-order valence-corrected chi connectivity index (χ0v) is 9.04. The van der Waals surface area contributed by atoms with Crippen molar-refractivity contribution in [2.24, 2.45) is 0 Å². The number of hydrogen-bond acceptors (Lipinski definition) is 4. The van der Waals surface area contributed by atoms with E-state index in [0.717, 1.165) is 5.69 Å². The second kappa shape index (κ2) is 5.36. The lowest BCUT2D eigenvalue weighted by atomic mass is 10.1. The maximum atomic E-state index is 11.2. The van der Waals surface area contributed by atoms with Gasteiger partial charge in [0.05, 0.1) is 6.61 Å². The summed E-state index contributed by atoms with van der Waals surface area (Å²) in [5.74, 6) is -0.0251. The molecule has 0 heterocycles. The molecule has 1 rings (SSSR count). The van der Waals surface area contributed by atoms with Gasteiger partial charge in [0.1, 0.15) is 0 Å². The van der Waals surface area contributed by atoms with Crippen LogP contribution in [0, 0.1) is 0 Å². The third kappa shape index (κ3) is 3.25. The normalized spacial score (nSPS) is 10.0. The van der Waals surface area contributed by atoms with E-state index in [2.05, 4.69) is 5.32 Å². The lowest BCUT2D eigenvalue weighted by Crippen LogP contribution is -2.08. The van der Waals surface area contributed by atoms with E-state index in [0.29, 0.717) is 24.4 Å². The number of anilines is 2. The standard InChI is InChI=1S/C11H16N2O2/c1-8(14)10-7-9(3-4-11(10)12)13-5-6-15-2/h3-4,7,13H,5-6,12H2,1-2H3. The van der Waals surface area contributed by atoms with Gasteiger partial charge in [-0.25, -0.2) is 0 Å². The minimum atomic E-state index is -0.0251. The Hall–Kier alpha value is -1.55. The quantitative estimate of drug-likeness (QED) is 0.437. The highest BCUT2D eigenvalue weighted by Crippen LogP contribution is 2.18. The van der Waals surface area contributed by atoms with E-state index in [1.807, 2.05) is 6.07 Å². The van der Waals surface area contributed by atoms with Crippen molar-refractivity contribution < 1.29 is 9.53 Å². The minimum Gasteiger partial charge on any atom is -0.398 e. The van der Waals surface area contributed by atoms with E-state index in [4.69, 9.17) is 10.5 Å². The fourth-order valence-electron chi connectivity index (χ4n) is 1.27. The first-order valence-corrected chi connectivity index (χ1v) is 4.78. The molecular weight excluding hydrogens is 192 g/mol. The number of ether oxygens (including phenoxy) is 1. The van der Waals surface area contributed by atoms with Gasteiger partial charge >= 0.3 is 0 Å². The predicted molar refractivity (Wildman–Crippen MR) is 61.2 cm³/mol. The van der Waals surface area contributed by atoms with Crippen molar-refractivity contribution in [2.75, 3.05) is 31.3 Å². The maximum absolute atomic E-state index is 11.2. The van der Waals surface area contributed by atoms with Crippen LogP contribution in [0.5, 0.6) is 0 Å². The average molecular weight is 208 g/mol. The molecule has 0 spiro atoms. The molecule has 15 heavy (non-hydrogen) atoms. The van der Waals surface area contributed by atoms with E-state index < -0.39 is 0 Å². The van der Waals surface area contributed by atoms with Crippen molar-refractivity contribution in [3.63, 3.8) is 0 Å². The summed E-state index contributed by atoms with van der Waals surface area (Å²) in [5, 5.41) is 3.14. The van der Waals surface area contributed by atoms with Gasteiger partial charge in [-0.1, -0.05) is 0 Å². The van der Waals surface area contributed by atoms with Crippen LogP contribution in [0.25, 0.3) is 0 Å². The Kier molecular flexibility index (Phi) is 4.12. The minimum absolute atomic E-state index is 0.0251. The van der Waals surface area contributed by atoms with Crippen LogP contribution in [-0.2, 0) is 4.74 Å². The van der Waals surface area contributed by atoms with Gasteiger partial charge in [-0.3, -0.25) is 4.79 Å². The lowest BCUT2D eigenvalue weighted by molar-refractivity contribution is 0.101. The SMILES string of the molecule is COCCNc1ccc(N)c(C(C)=O)c1. The maximum Gasteiger partial charge on any atom is 0.161 e. The Morgan fingerprint density at radius 3 is 2.87 bits per heavy atom. The zero-order chi connectivity index (χ0) is 11.3. The smallest absolute Gasteiger partial charge is 0.161 e. The van der Waals surface area contributed by atoms with E-state index in [9.17, 15) is 4.79 Å². The largest absolute Gasteiger partial charge is 0.398 e. The van der Waals surface area contributed by atoms with Crippen LogP contribution in [-0.4, -0.2) is 26.0 Å². The first-order chi connectivity index (χ1) is 7.15. The van der Waals surface area contributed by atoms with Crippen LogP contribution in [0.3, 0.4) is 0 Å². The van der Waals surface area contributed by atoms with Crippen molar-refractivity contribution in [2.45, 2.75) is 6.92 Å². The van der Waals surface area contributed by atoms with Crippen LogP contribution in [0.2, 0.25) is 0 Å². The molecule has 4 heteroatoms. The summed E-state index contributed by atoms with van der Waals surface area (Å²) in [6.07, 6.45) is 0. The Bertz CT molecular complexity index is 350. The molecule has 3 N–H and O–H groups in total.